The number of carbonyl (C=O) groups excluding carboxylic acids is 2. The standard InChI is InChI=1S/C33H33FIN3O4S/c1-24(2)36-33(40)31(21-25-9-5-3-6-10-25)37(22-26-13-15-27(34)16-14-26)32(39)23-38(29-19-17-28(35)18-20-29)43(41,42)30-11-7-4-8-12-30/h3-20,24,31H,21-23H2,1-2H3,(H,36,40)/t31-/m1/s1. The Morgan fingerprint density at radius 2 is 1.40 bits per heavy atom. The summed E-state index contributed by atoms with van der Waals surface area (Å²) in [6, 6.07) is 28.5. The summed E-state index contributed by atoms with van der Waals surface area (Å²) in [5.74, 6) is -1.39. The largest absolute Gasteiger partial charge is 0.352 e. The van der Waals surface area contributed by atoms with E-state index in [1.54, 1.807) is 54.6 Å². The van der Waals surface area contributed by atoms with Crippen LogP contribution < -0.4 is 9.62 Å². The first-order chi connectivity index (χ1) is 20.5. The molecule has 0 bridgehead atoms. The summed E-state index contributed by atoms with van der Waals surface area (Å²) in [7, 11) is -4.16. The molecule has 0 aliphatic heterocycles. The highest BCUT2D eigenvalue weighted by molar-refractivity contribution is 14.1. The van der Waals surface area contributed by atoms with Crippen LogP contribution in [-0.4, -0.2) is 43.8 Å². The molecule has 1 N–H and O–H groups in total. The average molecular weight is 714 g/mol. The molecule has 0 heterocycles. The molecule has 0 aliphatic rings. The van der Waals surface area contributed by atoms with E-state index in [-0.39, 0.29) is 29.8 Å². The summed E-state index contributed by atoms with van der Waals surface area (Å²) >= 11 is 2.12. The van der Waals surface area contributed by atoms with Crippen molar-refractivity contribution in [2.24, 2.45) is 0 Å². The number of carbonyl (C=O) groups is 2. The number of sulfonamides is 1. The quantitative estimate of drug-likeness (QED) is 0.189. The first-order valence-corrected chi connectivity index (χ1v) is 16.3. The van der Waals surface area contributed by atoms with Crippen LogP contribution in [0.2, 0.25) is 0 Å². The third kappa shape index (κ3) is 8.64. The molecular weight excluding hydrogens is 680 g/mol. The monoisotopic (exact) mass is 713 g/mol. The number of nitrogens with one attached hydrogen (secondary N) is 1. The van der Waals surface area contributed by atoms with E-state index in [9.17, 15) is 22.4 Å². The van der Waals surface area contributed by atoms with Crippen LogP contribution in [0.3, 0.4) is 0 Å². The first-order valence-electron chi connectivity index (χ1n) is 13.8. The van der Waals surface area contributed by atoms with Gasteiger partial charge in [0.2, 0.25) is 11.8 Å². The van der Waals surface area contributed by atoms with Crippen molar-refractivity contribution in [2.45, 2.75) is 43.8 Å². The van der Waals surface area contributed by atoms with Crippen LogP contribution in [0.15, 0.2) is 114 Å². The van der Waals surface area contributed by atoms with Crippen molar-refractivity contribution in [2.75, 3.05) is 10.8 Å². The molecule has 4 aromatic carbocycles. The Morgan fingerprint density at radius 3 is 1.98 bits per heavy atom. The Bertz CT molecular complexity index is 1620. The fraction of sp³-hybridized carbons (Fsp3) is 0.212. The maximum absolute atomic E-state index is 14.3. The van der Waals surface area contributed by atoms with Gasteiger partial charge in [-0.3, -0.25) is 13.9 Å². The van der Waals surface area contributed by atoms with Gasteiger partial charge in [0.15, 0.2) is 0 Å². The van der Waals surface area contributed by atoms with Crippen LogP contribution in [0.4, 0.5) is 10.1 Å². The van der Waals surface area contributed by atoms with Gasteiger partial charge in [0.1, 0.15) is 18.4 Å². The zero-order valence-electron chi connectivity index (χ0n) is 23.9. The average Bonchev–Trinajstić information content (AvgIpc) is 2.99. The highest BCUT2D eigenvalue weighted by atomic mass is 127. The lowest BCUT2D eigenvalue weighted by molar-refractivity contribution is -0.140. The molecule has 7 nitrogen and oxygen atoms in total. The Morgan fingerprint density at radius 1 is 0.814 bits per heavy atom. The van der Waals surface area contributed by atoms with Crippen molar-refractivity contribution < 1.29 is 22.4 Å². The molecule has 10 heteroatoms. The van der Waals surface area contributed by atoms with E-state index in [4.69, 9.17) is 0 Å². The molecule has 2 amide bonds. The van der Waals surface area contributed by atoms with Gasteiger partial charge in [0.25, 0.3) is 10.0 Å². The second-order valence-corrected chi connectivity index (χ2v) is 13.4. The normalized spacial score (nSPS) is 12.0. The topological polar surface area (TPSA) is 86.8 Å². The number of benzene rings is 4. The van der Waals surface area contributed by atoms with E-state index in [1.807, 2.05) is 44.2 Å². The lowest BCUT2D eigenvalue weighted by Gasteiger charge is -2.34. The van der Waals surface area contributed by atoms with Crippen molar-refractivity contribution in [1.29, 1.82) is 0 Å². The summed E-state index contributed by atoms with van der Waals surface area (Å²) in [4.78, 5) is 29.4. The summed E-state index contributed by atoms with van der Waals surface area (Å²) in [6.07, 6.45) is 0.196. The van der Waals surface area contributed by atoms with E-state index in [1.165, 1.54) is 29.2 Å². The van der Waals surface area contributed by atoms with Gasteiger partial charge >= 0.3 is 0 Å². The molecule has 4 rings (SSSR count). The molecule has 1 atom stereocenters. The number of rotatable bonds is 12. The first kappa shape index (κ1) is 32.2. The molecule has 0 saturated heterocycles. The van der Waals surface area contributed by atoms with E-state index >= 15 is 0 Å². The molecule has 0 spiro atoms. The molecule has 0 aromatic heterocycles. The van der Waals surface area contributed by atoms with Crippen molar-refractivity contribution in [1.82, 2.24) is 10.2 Å². The SMILES string of the molecule is CC(C)NC(=O)[C@@H](Cc1ccccc1)N(Cc1ccc(F)cc1)C(=O)CN(c1ccc(I)cc1)S(=O)(=O)c1ccccc1. The van der Waals surface area contributed by atoms with Gasteiger partial charge in [-0.2, -0.15) is 0 Å². The van der Waals surface area contributed by atoms with Crippen LogP contribution >= 0.6 is 22.6 Å². The number of nitrogens with zero attached hydrogens (tertiary/aromatic N) is 2. The van der Waals surface area contributed by atoms with Crippen molar-refractivity contribution >= 4 is 50.1 Å². The Kier molecular flexibility index (Phi) is 10.9. The number of hydrogen-bond acceptors (Lipinski definition) is 4. The summed E-state index contributed by atoms with van der Waals surface area (Å²) in [5.41, 5.74) is 1.73. The zero-order valence-corrected chi connectivity index (χ0v) is 26.8. The lowest BCUT2D eigenvalue weighted by atomic mass is 10.0. The van der Waals surface area contributed by atoms with Crippen molar-refractivity contribution in [3.63, 3.8) is 0 Å². The van der Waals surface area contributed by atoms with E-state index in [2.05, 4.69) is 27.9 Å². The highest BCUT2D eigenvalue weighted by Gasteiger charge is 2.34. The fourth-order valence-corrected chi connectivity index (χ4v) is 6.37. The third-order valence-electron chi connectivity index (χ3n) is 6.69. The van der Waals surface area contributed by atoms with Crippen LogP contribution in [-0.2, 0) is 32.6 Å². The summed E-state index contributed by atoms with van der Waals surface area (Å²) < 4.78 is 43.6. The minimum absolute atomic E-state index is 0.0322. The Balaban J connectivity index is 1.79. The van der Waals surface area contributed by atoms with E-state index in [0.717, 1.165) is 13.4 Å². The summed E-state index contributed by atoms with van der Waals surface area (Å²) in [5, 5.41) is 2.92. The predicted octanol–water partition coefficient (Wildman–Crippen LogP) is 5.79. The van der Waals surface area contributed by atoms with Crippen LogP contribution in [0.25, 0.3) is 0 Å². The van der Waals surface area contributed by atoms with Gasteiger partial charge in [-0.25, -0.2) is 12.8 Å². The van der Waals surface area contributed by atoms with Gasteiger partial charge < -0.3 is 10.2 Å². The highest BCUT2D eigenvalue weighted by Crippen LogP contribution is 2.26. The second-order valence-electron chi connectivity index (χ2n) is 10.3. The minimum Gasteiger partial charge on any atom is -0.352 e. The van der Waals surface area contributed by atoms with Crippen LogP contribution in [0.1, 0.15) is 25.0 Å². The number of anilines is 1. The maximum Gasteiger partial charge on any atom is 0.264 e. The van der Waals surface area contributed by atoms with Crippen molar-refractivity contribution in [3.05, 3.63) is 130 Å². The van der Waals surface area contributed by atoms with E-state index < -0.39 is 34.3 Å². The van der Waals surface area contributed by atoms with E-state index in [0.29, 0.717) is 11.3 Å². The fourth-order valence-electron chi connectivity index (χ4n) is 4.58. The molecule has 0 fully saturated rings. The number of hydrogen-bond donors (Lipinski definition) is 1. The molecule has 0 radical (unpaired) electrons. The smallest absolute Gasteiger partial charge is 0.264 e. The number of amides is 2. The molecule has 0 saturated carbocycles. The van der Waals surface area contributed by atoms with Crippen LogP contribution in [0.5, 0.6) is 0 Å². The van der Waals surface area contributed by atoms with Crippen molar-refractivity contribution in [3.8, 4) is 0 Å². The molecule has 224 valence electrons. The van der Waals surface area contributed by atoms with Gasteiger partial charge in [-0.15, -0.1) is 0 Å². The van der Waals surface area contributed by atoms with Gasteiger partial charge in [0, 0.05) is 22.6 Å². The molecular formula is C33H33FIN3O4S. The molecule has 0 aliphatic carbocycles. The molecule has 4 aromatic rings. The maximum atomic E-state index is 14.3. The predicted molar refractivity (Wildman–Crippen MR) is 174 cm³/mol. The summed E-state index contributed by atoms with van der Waals surface area (Å²) in [6.45, 7) is 3.07. The molecule has 43 heavy (non-hydrogen) atoms. The van der Waals surface area contributed by atoms with Gasteiger partial charge in [-0.1, -0.05) is 60.7 Å². The zero-order chi connectivity index (χ0) is 31.0. The Labute approximate surface area is 265 Å². The van der Waals surface area contributed by atoms with Crippen LogP contribution in [0, 0.1) is 9.39 Å². The van der Waals surface area contributed by atoms with Gasteiger partial charge in [0.05, 0.1) is 10.6 Å². The Hall–Kier alpha value is -3.77. The lowest BCUT2D eigenvalue weighted by Crippen LogP contribution is -2.54. The number of halogens is 2. The second kappa shape index (κ2) is 14.6. The minimum atomic E-state index is -4.16. The molecule has 0 unspecified atom stereocenters. The third-order valence-corrected chi connectivity index (χ3v) is 9.20. The van der Waals surface area contributed by atoms with Gasteiger partial charge in [-0.05, 0) is 96.1 Å².